The molecule has 6 nitrogen and oxygen atoms in total. The van der Waals surface area contributed by atoms with E-state index in [1.165, 1.54) is 50.8 Å². The Morgan fingerprint density at radius 3 is 2.77 bits per heavy atom. The first-order valence-electron chi connectivity index (χ1n) is 10.3. The van der Waals surface area contributed by atoms with Gasteiger partial charge in [0.15, 0.2) is 5.96 Å². The Morgan fingerprint density at radius 1 is 1.27 bits per heavy atom. The minimum atomic E-state index is 0.508. The van der Waals surface area contributed by atoms with E-state index in [0.717, 1.165) is 49.4 Å². The molecule has 0 aromatic carbocycles. The van der Waals surface area contributed by atoms with Crippen molar-refractivity contribution in [1.82, 2.24) is 20.7 Å². The van der Waals surface area contributed by atoms with Crippen LogP contribution in [0.3, 0.4) is 0 Å². The topological polar surface area (TPSA) is 65.7 Å². The second-order valence-corrected chi connectivity index (χ2v) is 7.85. The van der Waals surface area contributed by atoms with E-state index >= 15 is 0 Å². The van der Waals surface area contributed by atoms with Gasteiger partial charge in [0.2, 0.25) is 0 Å². The zero-order chi connectivity index (χ0) is 18.4. The summed E-state index contributed by atoms with van der Waals surface area (Å²) in [7, 11) is 0. The fourth-order valence-corrected chi connectivity index (χ4v) is 4.33. The van der Waals surface area contributed by atoms with Crippen molar-refractivity contribution in [2.75, 3.05) is 32.7 Å². The lowest BCUT2D eigenvalue weighted by atomic mass is 10.1. The van der Waals surface area contributed by atoms with Crippen molar-refractivity contribution in [2.24, 2.45) is 10.9 Å². The molecule has 2 heterocycles. The third-order valence-corrected chi connectivity index (χ3v) is 5.76. The molecule has 0 radical (unpaired) electrons. The predicted octanol–water partition coefficient (Wildman–Crippen LogP) is 2.65. The standard InChI is InChI=1S/C20H35N5O/c1-4-21-20(22-11-9-19-15(2)24-26-16(19)3)23-18-10-12-25(14-18)13-17-7-5-6-8-17/h17-18H,4-14H2,1-3H3,(H2,21,22,23). The maximum absolute atomic E-state index is 5.24. The summed E-state index contributed by atoms with van der Waals surface area (Å²) >= 11 is 0. The molecule has 6 heteroatoms. The van der Waals surface area contributed by atoms with Gasteiger partial charge < -0.3 is 20.1 Å². The zero-order valence-electron chi connectivity index (χ0n) is 16.7. The van der Waals surface area contributed by atoms with Gasteiger partial charge in [-0.15, -0.1) is 0 Å². The summed E-state index contributed by atoms with van der Waals surface area (Å²) in [5.74, 6) is 2.78. The van der Waals surface area contributed by atoms with Gasteiger partial charge in [-0.2, -0.15) is 0 Å². The highest BCUT2D eigenvalue weighted by Crippen LogP contribution is 2.26. The van der Waals surface area contributed by atoms with Crippen LogP contribution in [0.2, 0.25) is 0 Å². The monoisotopic (exact) mass is 361 g/mol. The van der Waals surface area contributed by atoms with Crippen LogP contribution in [0.25, 0.3) is 0 Å². The van der Waals surface area contributed by atoms with Crippen molar-refractivity contribution in [1.29, 1.82) is 0 Å². The van der Waals surface area contributed by atoms with Gasteiger partial charge in [-0.3, -0.25) is 4.99 Å². The molecule has 1 aromatic rings. The van der Waals surface area contributed by atoms with Gasteiger partial charge in [0.05, 0.1) is 5.69 Å². The van der Waals surface area contributed by atoms with Crippen LogP contribution in [0.4, 0.5) is 0 Å². The summed E-state index contributed by atoms with van der Waals surface area (Å²) < 4.78 is 5.24. The second kappa shape index (κ2) is 9.40. The van der Waals surface area contributed by atoms with Crippen LogP contribution in [0.1, 0.15) is 56.0 Å². The van der Waals surface area contributed by atoms with Crippen LogP contribution in [0.15, 0.2) is 9.52 Å². The maximum atomic E-state index is 5.24. The van der Waals surface area contributed by atoms with E-state index in [4.69, 9.17) is 9.52 Å². The first kappa shape index (κ1) is 19.2. The fraction of sp³-hybridized carbons (Fsp3) is 0.800. The van der Waals surface area contributed by atoms with Crippen LogP contribution in [0.5, 0.6) is 0 Å². The molecule has 0 bridgehead atoms. The van der Waals surface area contributed by atoms with Gasteiger partial charge in [-0.1, -0.05) is 18.0 Å². The van der Waals surface area contributed by atoms with Crippen LogP contribution in [-0.2, 0) is 6.42 Å². The van der Waals surface area contributed by atoms with E-state index in [1.54, 1.807) is 0 Å². The summed E-state index contributed by atoms with van der Waals surface area (Å²) in [6.07, 6.45) is 7.81. The molecular weight excluding hydrogens is 326 g/mol. The zero-order valence-corrected chi connectivity index (χ0v) is 16.7. The molecule has 26 heavy (non-hydrogen) atoms. The Balaban J connectivity index is 1.46. The van der Waals surface area contributed by atoms with Gasteiger partial charge >= 0.3 is 0 Å². The molecular formula is C20H35N5O. The highest BCUT2D eigenvalue weighted by atomic mass is 16.5. The largest absolute Gasteiger partial charge is 0.361 e. The number of guanidine groups is 1. The number of nitrogens with zero attached hydrogens (tertiary/aromatic N) is 3. The molecule has 2 N–H and O–H groups in total. The number of nitrogens with one attached hydrogen (secondary N) is 2. The molecule has 1 unspecified atom stereocenters. The minimum Gasteiger partial charge on any atom is -0.361 e. The van der Waals surface area contributed by atoms with Crippen molar-refractivity contribution in [3.05, 3.63) is 17.0 Å². The Bertz CT molecular complexity index is 572. The Morgan fingerprint density at radius 2 is 2.08 bits per heavy atom. The summed E-state index contributed by atoms with van der Waals surface area (Å²) in [5.41, 5.74) is 2.17. The van der Waals surface area contributed by atoms with Crippen LogP contribution >= 0.6 is 0 Å². The van der Waals surface area contributed by atoms with E-state index in [1.807, 2.05) is 13.8 Å². The van der Waals surface area contributed by atoms with Gasteiger partial charge in [-0.05, 0) is 52.4 Å². The highest BCUT2D eigenvalue weighted by molar-refractivity contribution is 5.80. The smallest absolute Gasteiger partial charge is 0.191 e. The van der Waals surface area contributed by atoms with Gasteiger partial charge in [0, 0.05) is 44.3 Å². The summed E-state index contributed by atoms with van der Waals surface area (Å²) in [6, 6.07) is 0.508. The van der Waals surface area contributed by atoms with Crippen LogP contribution in [0, 0.1) is 19.8 Å². The lowest BCUT2D eigenvalue weighted by Crippen LogP contribution is -2.45. The van der Waals surface area contributed by atoms with Crippen molar-refractivity contribution in [3.8, 4) is 0 Å². The molecule has 1 aliphatic carbocycles. The molecule has 0 spiro atoms. The number of aryl methyl sites for hydroxylation is 2. The minimum absolute atomic E-state index is 0.508. The Kier molecular flexibility index (Phi) is 6.94. The van der Waals surface area contributed by atoms with Crippen molar-refractivity contribution >= 4 is 5.96 Å². The molecule has 1 atom stereocenters. The van der Waals surface area contributed by atoms with E-state index in [0.29, 0.717) is 6.04 Å². The van der Waals surface area contributed by atoms with Gasteiger partial charge in [-0.25, -0.2) is 0 Å². The normalized spacial score (nSPS) is 22.3. The van der Waals surface area contributed by atoms with Crippen LogP contribution < -0.4 is 10.6 Å². The summed E-state index contributed by atoms with van der Waals surface area (Å²) in [6.45, 7) is 11.4. The molecule has 3 rings (SSSR count). The number of rotatable bonds is 7. The van der Waals surface area contributed by atoms with Crippen molar-refractivity contribution < 1.29 is 4.52 Å². The van der Waals surface area contributed by atoms with E-state index in [2.05, 4.69) is 27.6 Å². The Hall–Kier alpha value is -1.56. The molecule has 2 fully saturated rings. The van der Waals surface area contributed by atoms with E-state index in [9.17, 15) is 0 Å². The van der Waals surface area contributed by atoms with E-state index in [-0.39, 0.29) is 0 Å². The average molecular weight is 362 g/mol. The number of aliphatic imine (C=N–C) groups is 1. The SMILES string of the molecule is CCNC(=NCCc1c(C)noc1C)NC1CCN(CC2CCCC2)C1. The van der Waals surface area contributed by atoms with Crippen molar-refractivity contribution in [3.63, 3.8) is 0 Å². The number of hydrogen-bond acceptors (Lipinski definition) is 4. The quantitative estimate of drug-likeness (QED) is 0.577. The Labute approximate surface area is 157 Å². The second-order valence-electron chi connectivity index (χ2n) is 7.85. The molecule has 2 aliphatic rings. The van der Waals surface area contributed by atoms with Crippen molar-refractivity contribution in [2.45, 2.75) is 65.3 Å². The first-order chi connectivity index (χ1) is 12.7. The number of hydrogen-bond donors (Lipinski definition) is 2. The molecule has 0 amide bonds. The highest BCUT2D eigenvalue weighted by Gasteiger charge is 2.26. The molecule has 1 aromatic heterocycles. The molecule has 1 saturated heterocycles. The number of aromatic nitrogens is 1. The maximum Gasteiger partial charge on any atom is 0.191 e. The lowest BCUT2D eigenvalue weighted by molar-refractivity contribution is 0.275. The summed E-state index contributed by atoms with van der Waals surface area (Å²) in [4.78, 5) is 7.41. The average Bonchev–Trinajstić information content (AvgIpc) is 3.34. The molecule has 146 valence electrons. The number of likely N-dealkylation sites (tertiary alicyclic amines) is 1. The molecule has 1 aliphatic heterocycles. The third kappa shape index (κ3) is 5.22. The first-order valence-corrected chi connectivity index (χ1v) is 10.3. The summed E-state index contributed by atoms with van der Waals surface area (Å²) in [5, 5.41) is 11.1. The van der Waals surface area contributed by atoms with Gasteiger partial charge in [0.25, 0.3) is 0 Å². The lowest BCUT2D eigenvalue weighted by Gasteiger charge is -2.21. The predicted molar refractivity (Wildman–Crippen MR) is 106 cm³/mol. The fourth-order valence-electron chi connectivity index (χ4n) is 4.33. The van der Waals surface area contributed by atoms with Crippen LogP contribution in [-0.4, -0.2) is 54.8 Å². The van der Waals surface area contributed by atoms with E-state index < -0.39 is 0 Å². The third-order valence-electron chi connectivity index (χ3n) is 5.76. The van der Waals surface area contributed by atoms with Gasteiger partial charge in [0.1, 0.15) is 5.76 Å². The molecule has 1 saturated carbocycles.